The van der Waals surface area contributed by atoms with Crippen molar-refractivity contribution >= 4 is 17.5 Å². The van der Waals surface area contributed by atoms with Gasteiger partial charge in [-0.3, -0.25) is 4.79 Å². The van der Waals surface area contributed by atoms with Gasteiger partial charge in [-0.1, -0.05) is 54.1 Å². The van der Waals surface area contributed by atoms with E-state index in [-0.39, 0.29) is 11.7 Å². The van der Waals surface area contributed by atoms with Crippen molar-refractivity contribution in [3.05, 3.63) is 65.4 Å². The van der Waals surface area contributed by atoms with Crippen LogP contribution in [0.4, 0.5) is 0 Å². The summed E-state index contributed by atoms with van der Waals surface area (Å²) >= 11 is 6.35. The molecule has 0 bridgehead atoms. The summed E-state index contributed by atoms with van der Waals surface area (Å²) in [6.45, 7) is 1.53. The molecule has 0 spiro atoms. The quantitative estimate of drug-likeness (QED) is 0.720. The van der Waals surface area contributed by atoms with Crippen LogP contribution in [0.1, 0.15) is 23.5 Å². The minimum atomic E-state index is -0.125. The van der Waals surface area contributed by atoms with Gasteiger partial charge in [0.1, 0.15) is 0 Å². The summed E-state index contributed by atoms with van der Waals surface area (Å²) < 4.78 is 1.65. The van der Waals surface area contributed by atoms with E-state index in [0.717, 1.165) is 31.5 Å². The molecule has 25 heavy (non-hydrogen) atoms. The minimum Gasteiger partial charge on any atom is -0.336 e. The van der Waals surface area contributed by atoms with Gasteiger partial charge in [0, 0.05) is 18.7 Å². The summed E-state index contributed by atoms with van der Waals surface area (Å²) in [5.74, 6) is 0.692. The van der Waals surface area contributed by atoms with Crippen molar-refractivity contribution in [2.75, 3.05) is 13.1 Å². The number of nitrogens with zero attached hydrogens (tertiary/aromatic N) is 4. The third-order valence-corrected chi connectivity index (χ3v) is 4.62. The molecule has 1 saturated heterocycles. The normalized spacial score (nSPS) is 14.0. The topological polar surface area (TPSA) is 51.0 Å². The van der Waals surface area contributed by atoms with Gasteiger partial charge in [-0.05, 0) is 25.0 Å². The van der Waals surface area contributed by atoms with E-state index in [0.29, 0.717) is 16.5 Å². The number of halogens is 1. The molecule has 0 N–H and O–H groups in total. The van der Waals surface area contributed by atoms with Crippen molar-refractivity contribution in [3.8, 4) is 17.1 Å². The summed E-state index contributed by atoms with van der Waals surface area (Å²) in [6.07, 6.45) is 2.06. The first-order valence-electron chi connectivity index (χ1n) is 8.31. The molecule has 126 valence electrons. The van der Waals surface area contributed by atoms with Gasteiger partial charge in [-0.25, -0.2) is 9.67 Å². The third-order valence-electron chi connectivity index (χ3n) is 4.30. The van der Waals surface area contributed by atoms with Crippen molar-refractivity contribution in [3.63, 3.8) is 0 Å². The highest BCUT2D eigenvalue weighted by atomic mass is 35.5. The zero-order chi connectivity index (χ0) is 17.2. The Morgan fingerprint density at radius 1 is 0.960 bits per heavy atom. The zero-order valence-electron chi connectivity index (χ0n) is 13.6. The summed E-state index contributed by atoms with van der Waals surface area (Å²) in [5, 5.41) is 5.05. The van der Waals surface area contributed by atoms with Gasteiger partial charge in [-0.2, -0.15) is 0 Å². The second kappa shape index (κ2) is 6.69. The highest BCUT2D eigenvalue weighted by Gasteiger charge is 2.25. The number of likely N-dealkylation sites (tertiary alicyclic amines) is 1. The van der Waals surface area contributed by atoms with Crippen LogP contribution in [0.15, 0.2) is 54.6 Å². The van der Waals surface area contributed by atoms with Crippen LogP contribution < -0.4 is 0 Å². The second-order valence-corrected chi connectivity index (χ2v) is 6.39. The Kier molecular flexibility index (Phi) is 4.24. The number of hydrogen-bond acceptors (Lipinski definition) is 3. The molecule has 1 aliphatic heterocycles. The van der Waals surface area contributed by atoms with Crippen LogP contribution in [-0.2, 0) is 0 Å². The lowest BCUT2D eigenvalue weighted by molar-refractivity contribution is 0.0781. The second-order valence-electron chi connectivity index (χ2n) is 5.99. The van der Waals surface area contributed by atoms with E-state index < -0.39 is 0 Å². The number of rotatable bonds is 3. The highest BCUT2D eigenvalue weighted by Crippen LogP contribution is 2.26. The molecule has 0 radical (unpaired) electrons. The Morgan fingerprint density at radius 2 is 1.64 bits per heavy atom. The molecule has 3 aromatic rings. The molecule has 0 unspecified atom stereocenters. The zero-order valence-corrected chi connectivity index (χ0v) is 14.4. The molecule has 5 nitrogen and oxygen atoms in total. The number of amides is 1. The van der Waals surface area contributed by atoms with Crippen molar-refractivity contribution < 1.29 is 4.79 Å². The maximum Gasteiger partial charge on any atom is 0.293 e. The standard InChI is InChI=1S/C19H17ClN4O/c20-15-10-4-5-11-16(15)24-18(14-8-2-1-3-9-14)21-17(22-24)19(25)23-12-6-7-13-23/h1-5,8-11H,6-7,12-13H2. The molecule has 2 heterocycles. The Balaban J connectivity index is 1.84. The maximum atomic E-state index is 12.7. The summed E-state index contributed by atoms with van der Waals surface area (Å²) in [5.41, 5.74) is 1.59. The fraction of sp³-hybridized carbons (Fsp3) is 0.211. The molecule has 1 fully saturated rings. The van der Waals surface area contributed by atoms with Gasteiger partial charge >= 0.3 is 0 Å². The third kappa shape index (κ3) is 3.03. The Hall–Kier alpha value is -2.66. The van der Waals surface area contributed by atoms with Gasteiger partial charge in [0.25, 0.3) is 5.91 Å². The molecule has 4 rings (SSSR count). The first-order chi connectivity index (χ1) is 12.2. The van der Waals surface area contributed by atoms with Crippen LogP contribution in [0, 0.1) is 0 Å². The first kappa shape index (κ1) is 15.8. The highest BCUT2D eigenvalue weighted by molar-refractivity contribution is 6.32. The first-order valence-corrected chi connectivity index (χ1v) is 8.68. The van der Waals surface area contributed by atoms with Gasteiger partial charge in [0.05, 0.1) is 10.7 Å². The summed E-state index contributed by atoms with van der Waals surface area (Å²) in [6, 6.07) is 17.1. The van der Waals surface area contributed by atoms with Crippen LogP contribution in [0.25, 0.3) is 17.1 Å². The summed E-state index contributed by atoms with van der Waals surface area (Å²) in [4.78, 5) is 19.1. The van der Waals surface area contributed by atoms with Gasteiger partial charge in [-0.15, -0.1) is 5.10 Å². The van der Waals surface area contributed by atoms with E-state index in [1.54, 1.807) is 15.6 Å². The maximum absolute atomic E-state index is 12.7. The van der Waals surface area contributed by atoms with E-state index in [4.69, 9.17) is 11.6 Å². The number of carbonyl (C=O) groups is 1. The monoisotopic (exact) mass is 352 g/mol. The lowest BCUT2D eigenvalue weighted by Gasteiger charge is -2.11. The Bertz CT molecular complexity index is 901. The molecule has 0 aliphatic carbocycles. The van der Waals surface area contributed by atoms with E-state index in [1.165, 1.54) is 0 Å². The molecule has 1 amide bonds. The molecule has 2 aromatic carbocycles. The van der Waals surface area contributed by atoms with Crippen LogP contribution >= 0.6 is 11.6 Å². The van der Waals surface area contributed by atoms with E-state index in [1.807, 2.05) is 48.5 Å². The van der Waals surface area contributed by atoms with Crippen molar-refractivity contribution in [1.29, 1.82) is 0 Å². The Labute approximate surface area is 150 Å². The lowest BCUT2D eigenvalue weighted by Crippen LogP contribution is -2.28. The van der Waals surface area contributed by atoms with E-state index in [9.17, 15) is 4.79 Å². The van der Waals surface area contributed by atoms with Gasteiger partial charge in [0.15, 0.2) is 5.82 Å². The molecule has 6 heteroatoms. The molecule has 1 aromatic heterocycles. The SMILES string of the molecule is O=C(c1nc(-c2ccccc2)n(-c2ccccc2Cl)n1)N1CCCC1. The largest absolute Gasteiger partial charge is 0.336 e. The lowest BCUT2D eigenvalue weighted by atomic mass is 10.2. The number of aromatic nitrogens is 3. The molecule has 1 aliphatic rings. The van der Waals surface area contributed by atoms with E-state index in [2.05, 4.69) is 10.1 Å². The predicted molar refractivity (Wildman–Crippen MR) is 96.9 cm³/mol. The van der Waals surface area contributed by atoms with Gasteiger partial charge < -0.3 is 4.90 Å². The number of hydrogen-bond donors (Lipinski definition) is 0. The van der Waals surface area contributed by atoms with Gasteiger partial charge in [0.2, 0.25) is 5.82 Å². The van der Waals surface area contributed by atoms with Crippen molar-refractivity contribution in [2.24, 2.45) is 0 Å². The average molecular weight is 353 g/mol. The van der Waals surface area contributed by atoms with Crippen LogP contribution in [0.2, 0.25) is 5.02 Å². The van der Waals surface area contributed by atoms with E-state index >= 15 is 0 Å². The van der Waals surface area contributed by atoms with Crippen LogP contribution in [0.3, 0.4) is 0 Å². The minimum absolute atomic E-state index is 0.125. The van der Waals surface area contributed by atoms with Crippen LogP contribution in [-0.4, -0.2) is 38.7 Å². The average Bonchev–Trinajstić information content (AvgIpc) is 3.32. The fourth-order valence-corrected chi connectivity index (χ4v) is 3.25. The summed E-state index contributed by atoms with van der Waals surface area (Å²) in [7, 11) is 0. The predicted octanol–water partition coefficient (Wildman–Crippen LogP) is 3.82. The number of para-hydroxylation sites is 1. The molecule has 0 saturated carbocycles. The number of benzene rings is 2. The molecule has 0 atom stereocenters. The van der Waals surface area contributed by atoms with Crippen LogP contribution in [0.5, 0.6) is 0 Å². The van der Waals surface area contributed by atoms with Crippen molar-refractivity contribution in [2.45, 2.75) is 12.8 Å². The fourth-order valence-electron chi connectivity index (χ4n) is 3.03. The smallest absolute Gasteiger partial charge is 0.293 e. The number of carbonyl (C=O) groups excluding carboxylic acids is 1. The molecular formula is C19H17ClN4O. The van der Waals surface area contributed by atoms with Crippen molar-refractivity contribution in [1.82, 2.24) is 19.7 Å². The molecular weight excluding hydrogens is 336 g/mol. The Morgan fingerprint density at radius 3 is 2.36 bits per heavy atom.